The molecule has 0 atom stereocenters. The van der Waals surface area contributed by atoms with Gasteiger partial charge in [-0.25, -0.2) is 9.97 Å². The van der Waals surface area contributed by atoms with Gasteiger partial charge in [0.05, 0.1) is 22.2 Å². The fourth-order valence-corrected chi connectivity index (χ4v) is 2.55. The van der Waals surface area contributed by atoms with Gasteiger partial charge in [0.1, 0.15) is 5.69 Å². The van der Waals surface area contributed by atoms with Crippen molar-refractivity contribution >= 4 is 28.8 Å². The number of nitro groups is 1. The molecule has 112 valence electrons. The van der Waals surface area contributed by atoms with Crippen LogP contribution in [0.25, 0.3) is 0 Å². The number of thiazole rings is 1. The van der Waals surface area contributed by atoms with Crippen molar-refractivity contribution in [3.05, 3.63) is 31.9 Å². The van der Waals surface area contributed by atoms with E-state index < -0.39 is 4.92 Å². The van der Waals surface area contributed by atoms with Gasteiger partial charge in [-0.2, -0.15) is 4.98 Å². The van der Waals surface area contributed by atoms with Crippen molar-refractivity contribution in [2.24, 2.45) is 0 Å². The number of anilines is 2. The summed E-state index contributed by atoms with van der Waals surface area (Å²) in [5, 5.41) is 17.0. The molecule has 2 rings (SSSR count). The van der Waals surface area contributed by atoms with Crippen LogP contribution < -0.4 is 10.2 Å². The normalized spacial score (nSPS) is 10.5. The molecule has 0 saturated heterocycles. The highest BCUT2D eigenvalue weighted by atomic mass is 32.1. The molecule has 21 heavy (non-hydrogen) atoms. The van der Waals surface area contributed by atoms with Gasteiger partial charge in [0.25, 0.3) is 0 Å². The van der Waals surface area contributed by atoms with E-state index >= 15 is 0 Å². The van der Waals surface area contributed by atoms with Crippen molar-refractivity contribution in [3.63, 3.8) is 0 Å². The average molecular weight is 308 g/mol. The van der Waals surface area contributed by atoms with Gasteiger partial charge in [-0.3, -0.25) is 10.1 Å². The quantitative estimate of drug-likeness (QED) is 0.667. The monoisotopic (exact) mass is 308 g/mol. The fraction of sp³-hybridized carbons (Fsp3) is 0.417. The van der Waals surface area contributed by atoms with Crippen LogP contribution in [0, 0.1) is 24.0 Å². The van der Waals surface area contributed by atoms with Crippen molar-refractivity contribution in [2.45, 2.75) is 20.4 Å². The van der Waals surface area contributed by atoms with E-state index in [-0.39, 0.29) is 11.5 Å². The Hall–Kier alpha value is -2.29. The number of nitrogens with one attached hydrogen (secondary N) is 1. The Morgan fingerprint density at radius 2 is 2.10 bits per heavy atom. The van der Waals surface area contributed by atoms with Gasteiger partial charge < -0.3 is 10.2 Å². The predicted octanol–water partition coefficient (Wildman–Crippen LogP) is 2.14. The van der Waals surface area contributed by atoms with E-state index in [0.29, 0.717) is 18.2 Å². The van der Waals surface area contributed by atoms with Crippen molar-refractivity contribution in [3.8, 4) is 0 Å². The second-order valence-electron chi connectivity index (χ2n) is 4.53. The summed E-state index contributed by atoms with van der Waals surface area (Å²) in [7, 11) is 3.43. The molecular formula is C12H16N6O2S. The summed E-state index contributed by atoms with van der Waals surface area (Å²) in [6.45, 7) is 3.97. The lowest BCUT2D eigenvalue weighted by atomic mass is 10.3. The molecule has 0 fully saturated rings. The van der Waals surface area contributed by atoms with Crippen molar-refractivity contribution in [1.82, 2.24) is 15.0 Å². The van der Waals surface area contributed by atoms with Crippen molar-refractivity contribution < 1.29 is 4.92 Å². The second kappa shape index (κ2) is 6.00. The third-order valence-corrected chi connectivity index (χ3v) is 3.70. The van der Waals surface area contributed by atoms with E-state index in [0.717, 1.165) is 10.7 Å². The SMILES string of the molecule is CNc1nc(C)c([N+](=O)[O-])c(N(C)Cc2csc(C)n2)n1. The fourth-order valence-electron chi connectivity index (χ4n) is 1.94. The summed E-state index contributed by atoms with van der Waals surface area (Å²) >= 11 is 1.55. The molecule has 2 aromatic heterocycles. The number of hydrogen-bond acceptors (Lipinski definition) is 8. The minimum absolute atomic E-state index is 0.0801. The van der Waals surface area contributed by atoms with E-state index in [1.54, 1.807) is 37.3 Å². The molecule has 0 aromatic carbocycles. The molecule has 0 unspecified atom stereocenters. The summed E-state index contributed by atoms with van der Waals surface area (Å²) in [4.78, 5) is 25.2. The van der Waals surface area contributed by atoms with Crippen LogP contribution in [0.15, 0.2) is 5.38 Å². The number of aryl methyl sites for hydroxylation is 2. The maximum absolute atomic E-state index is 11.3. The first-order valence-electron chi connectivity index (χ1n) is 6.25. The van der Waals surface area contributed by atoms with Gasteiger partial charge in [-0.15, -0.1) is 11.3 Å². The lowest BCUT2D eigenvalue weighted by Gasteiger charge is -2.18. The van der Waals surface area contributed by atoms with E-state index in [4.69, 9.17) is 0 Å². The molecule has 2 heterocycles. The van der Waals surface area contributed by atoms with Crippen LogP contribution in [0.4, 0.5) is 17.5 Å². The molecule has 0 amide bonds. The lowest BCUT2D eigenvalue weighted by Crippen LogP contribution is -2.21. The third kappa shape index (κ3) is 3.24. The van der Waals surface area contributed by atoms with Crippen molar-refractivity contribution in [1.29, 1.82) is 0 Å². The molecule has 8 nitrogen and oxygen atoms in total. The molecule has 0 bridgehead atoms. The van der Waals surface area contributed by atoms with Crippen LogP contribution in [0.1, 0.15) is 16.4 Å². The van der Waals surface area contributed by atoms with Crippen LogP contribution in [-0.4, -0.2) is 34.0 Å². The Balaban J connectivity index is 2.40. The zero-order chi connectivity index (χ0) is 15.6. The molecule has 9 heteroatoms. The first kappa shape index (κ1) is 15.1. The predicted molar refractivity (Wildman–Crippen MR) is 81.9 cm³/mol. The Labute approximate surface area is 126 Å². The Bertz CT molecular complexity index is 672. The smallest absolute Gasteiger partial charge is 0.332 e. The van der Waals surface area contributed by atoms with Crippen molar-refractivity contribution in [2.75, 3.05) is 24.3 Å². The number of aromatic nitrogens is 3. The Morgan fingerprint density at radius 3 is 2.62 bits per heavy atom. The summed E-state index contributed by atoms with van der Waals surface area (Å²) in [6, 6.07) is 0. The van der Waals surface area contributed by atoms with Gasteiger partial charge in [-0.05, 0) is 13.8 Å². The first-order chi connectivity index (χ1) is 9.92. The molecular weight excluding hydrogens is 292 g/mol. The lowest BCUT2D eigenvalue weighted by molar-refractivity contribution is -0.385. The minimum atomic E-state index is -0.451. The van der Waals surface area contributed by atoms with Gasteiger partial charge in [0, 0.05) is 19.5 Å². The highest BCUT2D eigenvalue weighted by molar-refractivity contribution is 7.09. The number of rotatable bonds is 5. The average Bonchev–Trinajstić information content (AvgIpc) is 2.82. The van der Waals surface area contributed by atoms with E-state index in [2.05, 4.69) is 20.3 Å². The van der Waals surface area contributed by atoms with Gasteiger partial charge in [0.2, 0.25) is 11.8 Å². The largest absolute Gasteiger partial charge is 0.357 e. The van der Waals surface area contributed by atoms with Gasteiger partial charge in [-0.1, -0.05) is 0 Å². The molecule has 0 radical (unpaired) electrons. The van der Waals surface area contributed by atoms with E-state index in [1.165, 1.54) is 0 Å². The summed E-state index contributed by atoms with van der Waals surface area (Å²) in [5.41, 5.74) is 1.11. The number of nitrogens with zero attached hydrogens (tertiary/aromatic N) is 5. The molecule has 0 aliphatic carbocycles. The Kier molecular flexibility index (Phi) is 4.32. The topological polar surface area (TPSA) is 97.1 Å². The molecule has 0 aliphatic heterocycles. The summed E-state index contributed by atoms with van der Waals surface area (Å²) in [5.74, 6) is 0.636. The van der Waals surface area contributed by atoms with Gasteiger partial charge >= 0.3 is 5.69 Å². The van der Waals surface area contributed by atoms with Gasteiger partial charge in [0.15, 0.2) is 0 Å². The molecule has 0 aliphatic rings. The zero-order valence-corrected chi connectivity index (χ0v) is 13.1. The van der Waals surface area contributed by atoms with E-state index in [1.807, 2.05) is 12.3 Å². The maximum Gasteiger partial charge on any atom is 0.332 e. The van der Waals surface area contributed by atoms with Crippen LogP contribution in [-0.2, 0) is 6.54 Å². The maximum atomic E-state index is 11.3. The standard InChI is InChI=1S/C12H16N6O2S/c1-7-10(18(19)20)11(16-12(13-3)14-7)17(4)5-9-6-21-8(2)15-9/h6H,5H2,1-4H3,(H,13,14,16). The molecule has 0 spiro atoms. The van der Waals surface area contributed by atoms with Crippen LogP contribution in [0.5, 0.6) is 0 Å². The molecule has 2 aromatic rings. The molecule has 0 saturated carbocycles. The zero-order valence-electron chi connectivity index (χ0n) is 12.2. The second-order valence-corrected chi connectivity index (χ2v) is 5.59. The third-order valence-electron chi connectivity index (χ3n) is 2.87. The first-order valence-corrected chi connectivity index (χ1v) is 7.13. The van der Waals surface area contributed by atoms with Crippen LogP contribution in [0.3, 0.4) is 0 Å². The van der Waals surface area contributed by atoms with E-state index in [9.17, 15) is 10.1 Å². The molecule has 1 N–H and O–H groups in total. The highest BCUT2D eigenvalue weighted by Crippen LogP contribution is 2.30. The Morgan fingerprint density at radius 1 is 1.38 bits per heavy atom. The summed E-state index contributed by atoms with van der Waals surface area (Å²) < 4.78 is 0. The van der Waals surface area contributed by atoms with Crippen LogP contribution in [0.2, 0.25) is 0 Å². The number of hydrogen-bond donors (Lipinski definition) is 1. The van der Waals surface area contributed by atoms with Crippen LogP contribution >= 0.6 is 11.3 Å². The highest BCUT2D eigenvalue weighted by Gasteiger charge is 2.25. The summed E-state index contributed by atoms with van der Waals surface area (Å²) in [6.07, 6.45) is 0. The minimum Gasteiger partial charge on any atom is -0.357 e.